The van der Waals surface area contributed by atoms with Gasteiger partial charge in [-0.2, -0.15) is 0 Å². The van der Waals surface area contributed by atoms with Crippen molar-refractivity contribution in [3.05, 3.63) is 132 Å². The Kier molecular flexibility index (Phi) is 4.23. The first-order chi connectivity index (χ1) is 13.9. The molecule has 0 saturated carbocycles. The first-order valence-electron chi connectivity index (χ1n) is 9.63. The Morgan fingerprint density at radius 1 is 0.607 bits per heavy atom. The highest BCUT2D eigenvalue weighted by Crippen LogP contribution is 2.37. The summed E-state index contributed by atoms with van der Waals surface area (Å²) in [5.41, 5.74) is 5.00. The van der Waals surface area contributed by atoms with Gasteiger partial charge in [0.2, 0.25) is 0 Å². The number of fused-ring (bicyclic) bond motifs is 2. The number of hydrogen-bond donors (Lipinski definition) is 0. The minimum atomic E-state index is 1.20. The number of allylic oxidation sites excluding steroid dienone is 7. The molecule has 5 rings (SSSR count). The van der Waals surface area contributed by atoms with E-state index in [-0.39, 0.29) is 0 Å². The third-order valence-corrected chi connectivity index (χ3v) is 5.26. The van der Waals surface area contributed by atoms with E-state index in [1.807, 2.05) is 0 Å². The van der Waals surface area contributed by atoms with Gasteiger partial charge in [0.1, 0.15) is 0 Å². The standard InChI is InChI=1S/C28H20/c1-2-10-21(11-3-1)18-19-27(22-12-4-5-13-22)28-25-16-8-6-14-23(25)20-24-15-7-9-17-26(24)28/h1-20H/b19-18+. The zero-order valence-corrected chi connectivity index (χ0v) is 15.5. The van der Waals surface area contributed by atoms with Gasteiger partial charge in [0, 0.05) is 0 Å². The summed E-state index contributed by atoms with van der Waals surface area (Å²) in [5, 5.41) is 5.12. The molecule has 0 bridgehead atoms. The van der Waals surface area contributed by atoms with Crippen molar-refractivity contribution in [3.8, 4) is 0 Å². The first-order valence-corrected chi connectivity index (χ1v) is 9.63. The predicted octanol–water partition coefficient (Wildman–Crippen LogP) is 7.59. The monoisotopic (exact) mass is 356 g/mol. The van der Waals surface area contributed by atoms with Crippen LogP contribution in [0.4, 0.5) is 0 Å². The van der Waals surface area contributed by atoms with Crippen molar-refractivity contribution in [2.24, 2.45) is 0 Å². The highest BCUT2D eigenvalue weighted by molar-refractivity contribution is 6.11. The van der Waals surface area contributed by atoms with E-state index in [1.54, 1.807) is 0 Å². The Hall–Kier alpha value is -3.64. The van der Waals surface area contributed by atoms with Crippen LogP contribution in [0.3, 0.4) is 0 Å². The summed E-state index contributed by atoms with van der Waals surface area (Å²) in [6.07, 6.45) is 13.1. The molecule has 0 atom stereocenters. The third kappa shape index (κ3) is 3.00. The van der Waals surface area contributed by atoms with Crippen LogP contribution in [0, 0.1) is 0 Å². The Morgan fingerprint density at radius 3 is 1.82 bits per heavy atom. The number of rotatable bonds is 3. The van der Waals surface area contributed by atoms with E-state index in [1.165, 1.54) is 43.8 Å². The zero-order chi connectivity index (χ0) is 18.8. The van der Waals surface area contributed by atoms with E-state index in [0.29, 0.717) is 0 Å². The van der Waals surface area contributed by atoms with Gasteiger partial charge in [0.15, 0.2) is 0 Å². The molecule has 0 nitrogen and oxygen atoms in total. The van der Waals surface area contributed by atoms with Crippen LogP contribution in [0.1, 0.15) is 11.1 Å². The largest absolute Gasteiger partial charge is 0.0622 e. The Bertz CT molecular complexity index is 1210. The molecule has 4 aromatic rings. The summed E-state index contributed by atoms with van der Waals surface area (Å²) in [6.45, 7) is 0. The van der Waals surface area contributed by atoms with Gasteiger partial charge >= 0.3 is 0 Å². The van der Waals surface area contributed by atoms with E-state index in [0.717, 1.165) is 0 Å². The zero-order valence-electron chi connectivity index (χ0n) is 15.5. The lowest BCUT2D eigenvalue weighted by Gasteiger charge is -2.14. The fraction of sp³-hybridized carbons (Fsp3) is 0. The molecule has 0 saturated heterocycles. The van der Waals surface area contributed by atoms with Crippen molar-refractivity contribution in [2.75, 3.05) is 0 Å². The third-order valence-electron chi connectivity index (χ3n) is 5.26. The second kappa shape index (κ2) is 7.17. The lowest BCUT2D eigenvalue weighted by molar-refractivity contribution is 1.65. The molecule has 28 heavy (non-hydrogen) atoms. The number of hydrogen-bond acceptors (Lipinski definition) is 0. The second-order valence-corrected chi connectivity index (χ2v) is 7.03. The predicted molar refractivity (Wildman–Crippen MR) is 122 cm³/mol. The fourth-order valence-electron chi connectivity index (χ4n) is 3.93. The molecule has 0 aliphatic heterocycles. The topological polar surface area (TPSA) is 0 Å². The SMILES string of the molecule is C1=CC(=C(/C=C/c2ccccc2)c2c3ccccc3cc3ccccc23)C=C1. The van der Waals surface area contributed by atoms with Gasteiger partial charge in [-0.1, -0.05) is 115 Å². The Labute approximate surface area is 165 Å². The minimum Gasteiger partial charge on any atom is -0.0622 e. The summed E-state index contributed by atoms with van der Waals surface area (Å²) in [5.74, 6) is 0. The van der Waals surface area contributed by atoms with Gasteiger partial charge in [0.05, 0.1) is 0 Å². The summed E-state index contributed by atoms with van der Waals surface area (Å²) >= 11 is 0. The maximum absolute atomic E-state index is 2.29. The van der Waals surface area contributed by atoms with E-state index in [2.05, 4.69) is 121 Å². The van der Waals surface area contributed by atoms with Crippen molar-refractivity contribution in [1.82, 2.24) is 0 Å². The molecule has 0 aromatic heterocycles. The summed E-state index contributed by atoms with van der Waals surface area (Å²) in [6, 6.07) is 30.1. The smallest absolute Gasteiger partial charge is 0.00208 e. The highest BCUT2D eigenvalue weighted by atomic mass is 14.2. The van der Waals surface area contributed by atoms with Crippen molar-refractivity contribution < 1.29 is 0 Å². The highest BCUT2D eigenvalue weighted by Gasteiger charge is 2.13. The maximum atomic E-state index is 2.29. The molecule has 0 heterocycles. The summed E-state index contributed by atoms with van der Waals surface area (Å²) in [7, 11) is 0. The Morgan fingerprint density at radius 2 is 1.18 bits per heavy atom. The molecule has 1 aliphatic rings. The van der Waals surface area contributed by atoms with E-state index >= 15 is 0 Å². The molecule has 0 radical (unpaired) electrons. The molecular weight excluding hydrogens is 336 g/mol. The molecule has 0 heteroatoms. The van der Waals surface area contributed by atoms with Gasteiger partial charge in [-0.25, -0.2) is 0 Å². The van der Waals surface area contributed by atoms with Crippen LogP contribution in [0.2, 0.25) is 0 Å². The van der Waals surface area contributed by atoms with Gasteiger partial charge in [-0.15, -0.1) is 0 Å². The quantitative estimate of drug-likeness (QED) is 0.332. The van der Waals surface area contributed by atoms with Crippen LogP contribution >= 0.6 is 0 Å². The van der Waals surface area contributed by atoms with Crippen LogP contribution in [0.5, 0.6) is 0 Å². The molecule has 0 unspecified atom stereocenters. The van der Waals surface area contributed by atoms with Gasteiger partial charge < -0.3 is 0 Å². The molecule has 0 amide bonds. The lowest BCUT2D eigenvalue weighted by Crippen LogP contribution is -1.91. The maximum Gasteiger partial charge on any atom is -0.00208 e. The molecular formula is C28H20. The molecule has 4 aromatic carbocycles. The molecule has 0 spiro atoms. The van der Waals surface area contributed by atoms with E-state index in [4.69, 9.17) is 0 Å². The summed E-state index contributed by atoms with van der Waals surface area (Å²) < 4.78 is 0. The average Bonchev–Trinajstić information content (AvgIpc) is 3.28. The van der Waals surface area contributed by atoms with Crippen LogP contribution in [0.15, 0.2) is 121 Å². The van der Waals surface area contributed by atoms with E-state index < -0.39 is 0 Å². The molecule has 1 aliphatic carbocycles. The summed E-state index contributed by atoms with van der Waals surface area (Å²) in [4.78, 5) is 0. The Balaban J connectivity index is 1.83. The molecule has 0 N–H and O–H groups in total. The van der Waals surface area contributed by atoms with Crippen molar-refractivity contribution in [1.29, 1.82) is 0 Å². The van der Waals surface area contributed by atoms with Crippen molar-refractivity contribution in [2.45, 2.75) is 0 Å². The van der Waals surface area contributed by atoms with Crippen molar-refractivity contribution >= 4 is 33.2 Å². The average molecular weight is 356 g/mol. The van der Waals surface area contributed by atoms with Crippen LogP contribution in [-0.4, -0.2) is 0 Å². The van der Waals surface area contributed by atoms with Gasteiger partial charge in [-0.3, -0.25) is 0 Å². The van der Waals surface area contributed by atoms with Gasteiger partial charge in [0.25, 0.3) is 0 Å². The van der Waals surface area contributed by atoms with Gasteiger partial charge in [-0.05, 0) is 49.9 Å². The minimum absolute atomic E-state index is 1.20. The van der Waals surface area contributed by atoms with Crippen molar-refractivity contribution in [3.63, 3.8) is 0 Å². The normalized spacial score (nSPS) is 13.2. The molecule has 0 fully saturated rings. The van der Waals surface area contributed by atoms with Crippen LogP contribution in [0.25, 0.3) is 33.2 Å². The second-order valence-electron chi connectivity index (χ2n) is 7.03. The van der Waals surface area contributed by atoms with Crippen LogP contribution in [-0.2, 0) is 0 Å². The van der Waals surface area contributed by atoms with E-state index in [9.17, 15) is 0 Å². The lowest BCUT2D eigenvalue weighted by atomic mass is 9.89. The number of benzene rings is 4. The van der Waals surface area contributed by atoms with Crippen LogP contribution < -0.4 is 0 Å². The fourth-order valence-corrected chi connectivity index (χ4v) is 3.93. The molecule has 132 valence electrons. The first kappa shape index (κ1) is 16.5.